The minimum Gasteiger partial charge on any atom is -0.343 e. The summed E-state index contributed by atoms with van der Waals surface area (Å²) >= 11 is 1.32. The van der Waals surface area contributed by atoms with Crippen molar-refractivity contribution in [1.82, 2.24) is 9.97 Å². The number of aromatic amines is 1. The van der Waals surface area contributed by atoms with Crippen molar-refractivity contribution in [2.75, 3.05) is 11.6 Å². The van der Waals surface area contributed by atoms with E-state index in [0.717, 1.165) is 12.1 Å². The van der Waals surface area contributed by atoms with Gasteiger partial charge in [0.25, 0.3) is 5.56 Å². The maximum absolute atomic E-state index is 14.5. The molecule has 0 saturated heterocycles. The molecule has 25 heavy (non-hydrogen) atoms. The van der Waals surface area contributed by atoms with Crippen LogP contribution < -0.4 is 10.9 Å². The predicted octanol–water partition coefficient (Wildman–Crippen LogP) is 3.20. The molecule has 1 aliphatic carbocycles. The van der Waals surface area contributed by atoms with Crippen molar-refractivity contribution in [3.63, 3.8) is 0 Å². The Bertz CT molecular complexity index is 967. The number of carbonyl (C=O) groups excluding carboxylic acids is 1. The van der Waals surface area contributed by atoms with Gasteiger partial charge in [-0.2, -0.15) is 0 Å². The molecule has 0 fully saturated rings. The monoisotopic (exact) mass is 357 g/mol. The lowest BCUT2D eigenvalue weighted by Gasteiger charge is -2.32. The van der Waals surface area contributed by atoms with Crippen LogP contribution in [0.3, 0.4) is 0 Å². The van der Waals surface area contributed by atoms with Gasteiger partial charge in [0.2, 0.25) is 0 Å². The van der Waals surface area contributed by atoms with Gasteiger partial charge in [-0.05, 0) is 25.2 Å². The molecule has 0 amide bonds. The molecular formula is C18H16FN3O2S. The number of benzene rings is 1. The first kappa shape index (κ1) is 16.1. The number of halogens is 1. The zero-order valence-corrected chi connectivity index (χ0v) is 14.4. The minimum absolute atomic E-state index is 0.0407. The topological polar surface area (TPSA) is 74.8 Å². The number of nitrogens with zero attached hydrogens (tertiary/aromatic N) is 1. The van der Waals surface area contributed by atoms with E-state index >= 15 is 0 Å². The molecule has 2 aliphatic rings. The van der Waals surface area contributed by atoms with Crippen molar-refractivity contribution in [2.24, 2.45) is 0 Å². The summed E-state index contributed by atoms with van der Waals surface area (Å²) in [5.41, 5.74) is 1.53. The van der Waals surface area contributed by atoms with Crippen LogP contribution in [0.1, 0.15) is 36.3 Å². The summed E-state index contributed by atoms with van der Waals surface area (Å²) in [7, 11) is 0. The average molecular weight is 357 g/mol. The lowest BCUT2D eigenvalue weighted by atomic mass is 9.76. The van der Waals surface area contributed by atoms with Gasteiger partial charge < -0.3 is 10.3 Å². The summed E-state index contributed by atoms with van der Waals surface area (Å²) in [6.45, 7) is 0. The molecule has 0 spiro atoms. The number of allylic oxidation sites excluding steroid dienone is 2. The third-order valence-electron chi connectivity index (χ3n) is 4.65. The molecule has 1 aliphatic heterocycles. The zero-order valence-electron chi connectivity index (χ0n) is 13.6. The van der Waals surface area contributed by atoms with E-state index in [9.17, 15) is 14.0 Å². The minimum atomic E-state index is -0.729. The number of fused-ring (bicyclic) bond motifs is 1. The molecule has 7 heteroatoms. The van der Waals surface area contributed by atoms with E-state index in [4.69, 9.17) is 0 Å². The molecule has 1 unspecified atom stereocenters. The second-order valence-electron chi connectivity index (χ2n) is 6.09. The van der Waals surface area contributed by atoms with Crippen LogP contribution in [0, 0.1) is 5.82 Å². The summed E-state index contributed by atoms with van der Waals surface area (Å²) in [6.07, 6.45) is 3.66. The second-order valence-corrected chi connectivity index (χ2v) is 6.88. The van der Waals surface area contributed by atoms with Crippen LogP contribution in [0.15, 0.2) is 45.5 Å². The van der Waals surface area contributed by atoms with E-state index in [1.165, 1.54) is 17.8 Å². The molecular weight excluding hydrogens is 341 g/mol. The van der Waals surface area contributed by atoms with Crippen molar-refractivity contribution in [3.05, 3.63) is 62.8 Å². The Morgan fingerprint density at radius 3 is 2.80 bits per heavy atom. The van der Waals surface area contributed by atoms with Gasteiger partial charge in [-0.3, -0.25) is 9.59 Å². The first-order valence-corrected chi connectivity index (χ1v) is 9.28. The largest absolute Gasteiger partial charge is 0.343 e. The highest BCUT2D eigenvalue weighted by Crippen LogP contribution is 2.43. The lowest BCUT2D eigenvalue weighted by Crippen LogP contribution is -2.33. The van der Waals surface area contributed by atoms with Crippen molar-refractivity contribution in [2.45, 2.75) is 30.3 Å². The first-order chi connectivity index (χ1) is 12.1. The van der Waals surface area contributed by atoms with Gasteiger partial charge in [0.1, 0.15) is 11.6 Å². The van der Waals surface area contributed by atoms with Gasteiger partial charge in [-0.25, -0.2) is 9.37 Å². The summed E-state index contributed by atoms with van der Waals surface area (Å²) < 4.78 is 14.5. The fraction of sp³-hybridized carbons (Fsp3) is 0.278. The Morgan fingerprint density at radius 2 is 2.04 bits per heavy atom. The smallest absolute Gasteiger partial charge is 0.257 e. The van der Waals surface area contributed by atoms with Crippen LogP contribution in [-0.2, 0) is 4.79 Å². The summed E-state index contributed by atoms with van der Waals surface area (Å²) in [4.78, 5) is 32.5. The summed E-state index contributed by atoms with van der Waals surface area (Å²) in [5.74, 6) is -0.790. The second kappa shape index (κ2) is 6.15. The van der Waals surface area contributed by atoms with Gasteiger partial charge in [0, 0.05) is 23.3 Å². The fourth-order valence-electron chi connectivity index (χ4n) is 3.56. The number of ketones is 1. The molecule has 2 heterocycles. The van der Waals surface area contributed by atoms with Crippen LogP contribution in [0.25, 0.3) is 0 Å². The Hall–Kier alpha value is -2.41. The molecule has 5 nitrogen and oxygen atoms in total. The molecule has 1 atom stereocenters. The Balaban J connectivity index is 2.02. The maximum Gasteiger partial charge on any atom is 0.257 e. The number of hydrogen-bond acceptors (Lipinski definition) is 5. The number of rotatable bonds is 2. The van der Waals surface area contributed by atoms with Crippen LogP contribution >= 0.6 is 11.8 Å². The molecule has 0 bridgehead atoms. The third-order valence-corrected chi connectivity index (χ3v) is 5.23. The SMILES string of the molecule is CSc1nc2c(c(=O)[nH]1)C(c1ccccc1F)C1=C(CCCC1=O)N2. The van der Waals surface area contributed by atoms with Crippen molar-refractivity contribution >= 4 is 23.4 Å². The number of nitrogens with one attached hydrogen (secondary N) is 2. The molecule has 2 aromatic rings. The number of anilines is 1. The molecule has 4 rings (SSSR count). The Labute approximate surface area is 147 Å². The molecule has 0 radical (unpaired) electrons. The fourth-order valence-corrected chi connectivity index (χ4v) is 3.93. The van der Waals surface area contributed by atoms with E-state index in [-0.39, 0.29) is 11.3 Å². The molecule has 0 saturated carbocycles. The van der Waals surface area contributed by atoms with E-state index in [1.807, 2.05) is 6.26 Å². The highest BCUT2D eigenvalue weighted by Gasteiger charge is 2.38. The van der Waals surface area contributed by atoms with E-state index in [2.05, 4.69) is 15.3 Å². The number of thioether (sulfide) groups is 1. The highest BCUT2D eigenvalue weighted by molar-refractivity contribution is 7.98. The van der Waals surface area contributed by atoms with Gasteiger partial charge >= 0.3 is 0 Å². The molecule has 1 aromatic carbocycles. The van der Waals surface area contributed by atoms with E-state index in [0.29, 0.717) is 40.5 Å². The highest BCUT2D eigenvalue weighted by atomic mass is 32.2. The average Bonchev–Trinajstić information content (AvgIpc) is 2.60. The first-order valence-electron chi connectivity index (χ1n) is 8.06. The number of aromatic nitrogens is 2. The normalized spacial score (nSPS) is 19.3. The van der Waals surface area contributed by atoms with Gasteiger partial charge in [0.05, 0.1) is 11.5 Å². The van der Waals surface area contributed by atoms with Crippen molar-refractivity contribution in [3.8, 4) is 0 Å². The quantitative estimate of drug-likeness (QED) is 0.638. The van der Waals surface area contributed by atoms with Gasteiger partial charge in [-0.1, -0.05) is 30.0 Å². The van der Waals surface area contributed by atoms with Crippen LogP contribution in [0.4, 0.5) is 10.2 Å². The van der Waals surface area contributed by atoms with E-state index < -0.39 is 11.7 Å². The standard InChI is InChI=1S/C18H16FN3O2S/c1-25-18-21-16-15(17(24)22-18)13(9-5-2-3-6-10(9)19)14-11(20-16)7-4-8-12(14)23/h2-3,5-6,13H,4,7-8H2,1H3,(H2,20,21,22,24). The van der Waals surface area contributed by atoms with Crippen LogP contribution in [0.5, 0.6) is 0 Å². The summed E-state index contributed by atoms with van der Waals surface area (Å²) in [6, 6.07) is 6.29. The van der Waals surface area contributed by atoms with Gasteiger partial charge in [-0.15, -0.1) is 0 Å². The van der Waals surface area contributed by atoms with Crippen molar-refractivity contribution < 1.29 is 9.18 Å². The van der Waals surface area contributed by atoms with Crippen LogP contribution in [0.2, 0.25) is 0 Å². The number of carbonyl (C=O) groups is 1. The Kier molecular flexibility index (Phi) is 3.95. The zero-order chi connectivity index (χ0) is 17.6. The Morgan fingerprint density at radius 1 is 1.24 bits per heavy atom. The van der Waals surface area contributed by atoms with Gasteiger partial charge in [0.15, 0.2) is 10.9 Å². The van der Waals surface area contributed by atoms with Crippen molar-refractivity contribution in [1.29, 1.82) is 0 Å². The number of H-pyrrole nitrogens is 1. The molecule has 128 valence electrons. The summed E-state index contributed by atoms with van der Waals surface area (Å²) in [5, 5.41) is 3.64. The van der Waals surface area contributed by atoms with E-state index in [1.54, 1.807) is 18.2 Å². The van der Waals surface area contributed by atoms with Crippen LogP contribution in [-0.4, -0.2) is 22.0 Å². The third kappa shape index (κ3) is 2.59. The molecule has 1 aromatic heterocycles. The maximum atomic E-state index is 14.5. The number of Topliss-reactive ketones (excluding diaryl/α,β-unsaturated/α-hetero) is 1. The molecule has 2 N–H and O–H groups in total. The lowest BCUT2D eigenvalue weighted by molar-refractivity contribution is -0.116. The number of hydrogen-bond donors (Lipinski definition) is 2. The predicted molar refractivity (Wildman–Crippen MR) is 94.4 cm³/mol.